The minimum atomic E-state index is -1.28. The molecule has 0 aromatic heterocycles. The molecular formula is C13H15FN2O5. The van der Waals surface area contributed by atoms with Gasteiger partial charge in [0.05, 0.1) is 7.11 Å². The van der Waals surface area contributed by atoms with Crippen LogP contribution >= 0.6 is 0 Å². The van der Waals surface area contributed by atoms with Gasteiger partial charge in [-0.05, 0) is 24.6 Å². The molecule has 2 amide bonds. The zero-order valence-corrected chi connectivity index (χ0v) is 11.3. The number of rotatable bonds is 6. The lowest BCUT2D eigenvalue weighted by Crippen LogP contribution is -2.43. The second-order valence-corrected chi connectivity index (χ2v) is 4.11. The molecule has 3 N–H and O–H groups in total. The van der Waals surface area contributed by atoms with Gasteiger partial charge in [-0.15, -0.1) is 0 Å². The first-order chi connectivity index (χ1) is 9.92. The Hall–Kier alpha value is -2.64. The van der Waals surface area contributed by atoms with Crippen LogP contribution in [0.15, 0.2) is 24.3 Å². The summed E-state index contributed by atoms with van der Waals surface area (Å²) in [5.41, 5.74) is 0.185. The van der Waals surface area contributed by atoms with Gasteiger partial charge in [-0.3, -0.25) is 4.79 Å². The number of methoxy groups -OCH3 is 1. The van der Waals surface area contributed by atoms with Crippen molar-refractivity contribution >= 4 is 23.7 Å². The van der Waals surface area contributed by atoms with E-state index in [-0.39, 0.29) is 18.5 Å². The Labute approximate surface area is 120 Å². The lowest BCUT2D eigenvalue weighted by molar-refractivity contribution is -0.142. The number of carboxylic acid groups (broad SMARTS) is 1. The van der Waals surface area contributed by atoms with Crippen molar-refractivity contribution in [1.82, 2.24) is 5.32 Å². The van der Waals surface area contributed by atoms with Gasteiger partial charge in [-0.2, -0.15) is 0 Å². The Morgan fingerprint density at radius 2 is 2.10 bits per heavy atom. The SMILES string of the molecule is COC(=O)CC[C@@H](NC(=O)Nc1cccc(F)c1)C(=O)O. The monoisotopic (exact) mass is 298 g/mol. The van der Waals surface area contributed by atoms with E-state index < -0.39 is 29.8 Å². The zero-order chi connectivity index (χ0) is 15.8. The van der Waals surface area contributed by atoms with Gasteiger partial charge >= 0.3 is 18.0 Å². The Bertz CT molecular complexity index is 535. The van der Waals surface area contributed by atoms with Gasteiger partial charge in [0, 0.05) is 12.1 Å². The molecule has 0 aliphatic rings. The summed E-state index contributed by atoms with van der Waals surface area (Å²) in [6.07, 6.45) is -0.258. The maximum atomic E-state index is 12.9. The van der Waals surface area contributed by atoms with E-state index in [0.29, 0.717) is 0 Å². The van der Waals surface area contributed by atoms with Gasteiger partial charge in [0.25, 0.3) is 0 Å². The van der Waals surface area contributed by atoms with Crippen molar-refractivity contribution < 1.29 is 28.6 Å². The smallest absolute Gasteiger partial charge is 0.326 e. The Morgan fingerprint density at radius 1 is 1.38 bits per heavy atom. The molecule has 0 saturated heterocycles. The Balaban J connectivity index is 2.56. The third-order valence-corrected chi connectivity index (χ3v) is 2.55. The van der Waals surface area contributed by atoms with Gasteiger partial charge < -0.3 is 20.5 Å². The van der Waals surface area contributed by atoms with Crippen molar-refractivity contribution in [3.05, 3.63) is 30.1 Å². The lowest BCUT2D eigenvalue weighted by Gasteiger charge is -2.14. The quantitative estimate of drug-likeness (QED) is 0.688. The van der Waals surface area contributed by atoms with Crippen molar-refractivity contribution in [1.29, 1.82) is 0 Å². The summed E-state index contributed by atoms with van der Waals surface area (Å²) in [5.74, 6) is -2.39. The molecule has 1 rings (SSSR count). The van der Waals surface area contributed by atoms with Gasteiger partial charge in [0.1, 0.15) is 11.9 Å². The second-order valence-electron chi connectivity index (χ2n) is 4.11. The van der Waals surface area contributed by atoms with Gasteiger partial charge in [-0.25, -0.2) is 14.0 Å². The molecule has 0 unspecified atom stereocenters. The van der Waals surface area contributed by atoms with Crippen molar-refractivity contribution in [3.63, 3.8) is 0 Å². The molecule has 114 valence electrons. The van der Waals surface area contributed by atoms with Crippen LogP contribution in [0.3, 0.4) is 0 Å². The van der Waals surface area contributed by atoms with E-state index in [1.165, 1.54) is 25.3 Å². The molecule has 0 radical (unpaired) electrons. The van der Waals surface area contributed by atoms with Crippen LogP contribution in [0.4, 0.5) is 14.9 Å². The highest BCUT2D eigenvalue weighted by atomic mass is 19.1. The molecule has 0 heterocycles. The van der Waals surface area contributed by atoms with Crippen molar-refractivity contribution in [2.24, 2.45) is 0 Å². The summed E-state index contributed by atoms with van der Waals surface area (Å²) in [7, 11) is 1.18. The molecule has 7 nitrogen and oxygen atoms in total. The normalized spacial score (nSPS) is 11.3. The highest BCUT2D eigenvalue weighted by Gasteiger charge is 2.21. The minimum absolute atomic E-state index is 0.113. The molecule has 0 spiro atoms. The van der Waals surface area contributed by atoms with Crippen LogP contribution < -0.4 is 10.6 Å². The molecule has 0 aliphatic carbocycles. The summed E-state index contributed by atoms with van der Waals surface area (Å²) in [5, 5.41) is 13.4. The molecule has 1 aromatic rings. The van der Waals surface area contributed by atoms with E-state index in [2.05, 4.69) is 15.4 Å². The van der Waals surface area contributed by atoms with Crippen molar-refractivity contribution in [2.45, 2.75) is 18.9 Å². The number of esters is 1. The standard InChI is InChI=1S/C13H15FN2O5/c1-21-11(17)6-5-10(12(18)19)16-13(20)15-9-4-2-3-8(14)7-9/h2-4,7,10H,5-6H2,1H3,(H,18,19)(H2,15,16,20)/t10-/m1/s1. The van der Waals surface area contributed by atoms with Crippen LogP contribution in [0.25, 0.3) is 0 Å². The highest BCUT2D eigenvalue weighted by Crippen LogP contribution is 2.09. The fourth-order valence-electron chi connectivity index (χ4n) is 1.51. The van der Waals surface area contributed by atoms with Crippen LogP contribution in [0.5, 0.6) is 0 Å². The number of amides is 2. The predicted octanol–water partition coefficient (Wildman–Crippen LogP) is 1.35. The number of hydrogen-bond acceptors (Lipinski definition) is 4. The summed E-state index contributed by atoms with van der Waals surface area (Å²) in [6, 6.07) is 3.09. The molecule has 8 heteroatoms. The maximum Gasteiger partial charge on any atom is 0.326 e. The number of ether oxygens (including phenoxy) is 1. The third-order valence-electron chi connectivity index (χ3n) is 2.55. The molecular weight excluding hydrogens is 283 g/mol. The summed E-state index contributed by atoms with van der Waals surface area (Å²) >= 11 is 0. The Morgan fingerprint density at radius 3 is 2.67 bits per heavy atom. The fourth-order valence-corrected chi connectivity index (χ4v) is 1.51. The number of carboxylic acids is 1. The molecule has 0 bridgehead atoms. The number of hydrogen-bond donors (Lipinski definition) is 3. The van der Waals surface area contributed by atoms with Crippen LogP contribution in [-0.2, 0) is 14.3 Å². The summed E-state index contributed by atoms with van der Waals surface area (Å²) < 4.78 is 17.3. The van der Waals surface area contributed by atoms with E-state index in [1.807, 2.05) is 0 Å². The number of anilines is 1. The van der Waals surface area contributed by atoms with Gasteiger partial charge in [0.2, 0.25) is 0 Å². The van der Waals surface area contributed by atoms with Crippen LogP contribution in [0.1, 0.15) is 12.8 Å². The van der Waals surface area contributed by atoms with E-state index in [1.54, 1.807) is 0 Å². The molecule has 21 heavy (non-hydrogen) atoms. The number of carbonyl (C=O) groups excluding carboxylic acids is 2. The summed E-state index contributed by atoms with van der Waals surface area (Å²) in [4.78, 5) is 33.6. The number of carbonyl (C=O) groups is 3. The zero-order valence-electron chi connectivity index (χ0n) is 11.3. The van der Waals surface area contributed by atoms with Crippen LogP contribution in [0, 0.1) is 5.82 Å². The van der Waals surface area contributed by atoms with Crippen molar-refractivity contribution in [3.8, 4) is 0 Å². The third kappa shape index (κ3) is 5.89. The first-order valence-electron chi connectivity index (χ1n) is 6.05. The maximum absolute atomic E-state index is 12.9. The second kappa shape index (κ2) is 7.83. The number of benzene rings is 1. The average molecular weight is 298 g/mol. The molecule has 1 aromatic carbocycles. The van der Waals surface area contributed by atoms with Gasteiger partial charge in [-0.1, -0.05) is 6.07 Å². The van der Waals surface area contributed by atoms with E-state index in [4.69, 9.17) is 5.11 Å². The average Bonchev–Trinajstić information content (AvgIpc) is 2.42. The van der Waals surface area contributed by atoms with Crippen LogP contribution in [-0.4, -0.2) is 36.2 Å². The number of urea groups is 1. The lowest BCUT2D eigenvalue weighted by atomic mass is 10.1. The van der Waals surface area contributed by atoms with E-state index in [9.17, 15) is 18.8 Å². The highest BCUT2D eigenvalue weighted by molar-refractivity contribution is 5.92. The summed E-state index contributed by atoms with van der Waals surface area (Å²) in [6.45, 7) is 0. The number of nitrogens with one attached hydrogen (secondary N) is 2. The molecule has 1 atom stereocenters. The number of aliphatic carboxylic acids is 1. The first kappa shape index (κ1) is 16.4. The molecule has 0 saturated carbocycles. The topological polar surface area (TPSA) is 105 Å². The first-order valence-corrected chi connectivity index (χ1v) is 6.05. The number of halogens is 1. The van der Waals surface area contributed by atoms with E-state index >= 15 is 0 Å². The largest absolute Gasteiger partial charge is 0.480 e. The minimum Gasteiger partial charge on any atom is -0.480 e. The Kier molecular flexibility index (Phi) is 6.12. The molecule has 0 fully saturated rings. The van der Waals surface area contributed by atoms with Crippen LogP contribution in [0.2, 0.25) is 0 Å². The van der Waals surface area contributed by atoms with Gasteiger partial charge in [0.15, 0.2) is 0 Å². The molecule has 0 aliphatic heterocycles. The van der Waals surface area contributed by atoms with E-state index in [0.717, 1.165) is 6.07 Å². The fraction of sp³-hybridized carbons (Fsp3) is 0.308. The van der Waals surface area contributed by atoms with Crippen molar-refractivity contribution in [2.75, 3.05) is 12.4 Å². The predicted molar refractivity (Wildman–Crippen MR) is 71.2 cm³/mol.